The van der Waals surface area contributed by atoms with E-state index in [9.17, 15) is 4.79 Å². The van der Waals surface area contributed by atoms with Crippen molar-refractivity contribution in [3.8, 4) is 0 Å². The molecule has 1 amide bonds. The van der Waals surface area contributed by atoms with E-state index in [2.05, 4.69) is 51.4 Å². The number of hydrogen-bond acceptors (Lipinski definition) is 4. The Morgan fingerprint density at radius 1 is 1.11 bits per heavy atom. The third-order valence-electron chi connectivity index (χ3n) is 4.96. The minimum atomic E-state index is -0.100. The molecule has 1 aromatic carbocycles. The number of aryl methyl sites for hydroxylation is 1. The first-order valence-electron chi connectivity index (χ1n) is 9.59. The quantitative estimate of drug-likeness (QED) is 0.760. The van der Waals surface area contributed by atoms with Crippen molar-refractivity contribution in [3.63, 3.8) is 0 Å². The van der Waals surface area contributed by atoms with E-state index >= 15 is 0 Å². The SMILES string of the molecule is CCN1CCN(Cc2ccc(CNC(=O)/C=C/c3cnn(C)c3)cc2)CC1. The Hall–Kier alpha value is -2.44. The van der Waals surface area contributed by atoms with Gasteiger partial charge in [-0.3, -0.25) is 14.4 Å². The van der Waals surface area contributed by atoms with Gasteiger partial charge in [0, 0.05) is 64.2 Å². The summed E-state index contributed by atoms with van der Waals surface area (Å²) in [4.78, 5) is 16.9. The van der Waals surface area contributed by atoms with Crippen molar-refractivity contribution < 1.29 is 4.79 Å². The second-order valence-corrected chi connectivity index (χ2v) is 7.03. The van der Waals surface area contributed by atoms with Gasteiger partial charge in [-0.05, 0) is 23.7 Å². The van der Waals surface area contributed by atoms with Crippen LogP contribution in [-0.4, -0.2) is 58.2 Å². The lowest BCUT2D eigenvalue weighted by Gasteiger charge is -2.34. The molecular formula is C21H29N5O. The second-order valence-electron chi connectivity index (χ2n) is 7.03. The average Bonchev–Trinajstić information content (AvgIpc) is 3.12. The Balaban J connectivity index is 1.42. The van der Waals surface area contributed by atoms with Crippen molar-refractivity contribution >= 4 is 12.0 Å². The van der Waals surface area contributed by atoms with E-state index in [0.717, 1.165) is 50.4 Å². The summed E-state index contributed by atoms with van der Waals surface area (Å²) in [5.41, 5.74) is 3.35. The maximum atomic E-state index is 11.9. The van der Waals surface area contributed by atoms with Gasteiger partial charge < -0.3 is 10.2 Å². The molecule has 0 bridgehead atoms. The van der Waals surface area contributed by atoms with Gasteiger partial charge in [0.1, 0.15) is 0 Å². The number of likely N-dealkylation sites (N-methyl/N-ethyl adjacent to an activating group) is 1. The molecule has 0 atom stereocenters. The van der Waals surface area contributed by atoms with Crippen LogP contribution in [0.4, 0.5) is 0 Å². The number of rotatable bonds is 7. The minimum Gasteiger partial charge on any atom is -0.348 e. The van der Waals surface area contributed by atoms with Gasteiger partial charge in [-0.1, -0.05) is 31.2 Å². The van der Waals surface area contributed by atoms with Crippen molar-refractivity contribution in [1.82, 2.24) is 24.9 Å². The number of piperazine rings is 1. The lowest BCUT2D eigenvalue weighted by Crippen LogP contribution is -2.45. The molecule has 0 radical (unpaired) electrons. The fourth-order valence-electron chi connectivity index (χ4n) is 3.23. The first kappa shape index (κ1) is 19.3. The Morgan fingerprint density at radius 3 is 2.41 bits per heavy atom. The van der Waals surface area contributed by atoms with E-state index in [1.165, 1.54) is 5.56 Å². The van der Waals surface area contributed by atoms with Gasteiger partial charge >= 0.3 is 0 Å². The van der Waals surface area contributed by atoms with E-state index in [4.69, 9.17) is 0 Å². The van der Waals surface area contributed by atoms with Crippen LogP contribution in [-0.2, 0) is 24.9 Å². The predicted octanol–water partition coefficient (Wildman–Crippen LogP) is 1.89. The van der Waals surface area contributed by atoms with Crippen LogP contribution in [0.5, 0.6) is 0 Å². The van der Waals surface area contributed by atoms with Gasteiger partial charge in [0.05, 0.1) is 6.20 Å². The van der Waals surface area contributed by atoms with Crippen LogP contribution in [0.2, 0.25) is 0 Å². The fourth-order valence-corrected chi connectivity index (χ4v) is 3.23. The Kier molecular flexibility index (Phi) is 6.79. The summed E-state index contributed by atoms with van der Waals surface area (Å²) in [6.45, 7) is 9.49. The van der Waals surface area contributed by atoms with Crippen molar-refractivity contribution in [2.75, 3.05) is 32.7 Å². The lowest BCUT2D eigenvalue weighted by molar-refractivity contribution is -0.116. The molecule has 1 fully saturated rings. The number of carbonyl (C=O) groups is 1. The van der Waals surface area contributed by atoms with Crippen molar-refractivity contribution in [3.05, 3.63) is 59.4 Å². The zero-order valence-corrected chi connectivity index (χ0v) is 16.3. The summed E-state index contributed by atoms with van der Waals surface area (Å²) in [7, 11) is 1.85. The van der Waals surface area contributed by atoms with Gasteiger partial charge in [-0.25, -0.2) is 0 Å². The zero-order valence-electron chi connectivity index (χ0n) is 16.3. The standard InChI is InChI=1S/C21H29N5O/c1-3-25-10-12-26(13-11-25)17-19-6-4-18(5-7-19)14-22-21(27)9-8-20-15-23-24(2)16-20/h4-9,15-16H,3,10-14,17H2,1-2H3,(H,22,27)/b9-8+. The number of nitrogens with one attached hydrogen (secondary N) is 1. The molecule has 1 saturated heterocycles. The minimum absolute atomic E-state index is 0.100. The molecule has 1 aromatic heterocycles. The molecule has 144 valence electrons. The van der Waals surface area contributed by atoms with Gasteiger partial charge in [0.25, 0.3) is 0 Å². The molecule has 2 heterocycles. The molecule has 1 N–H and O–H groups in total. The Morgan fingerprint density at radius 2 is 1.78 bits per heavy atom. The highest BCUT2D eigenvalue weighted by Crippen LogP contribution is 2.10. The van der Waals surface area contributed by atoms with Crippen molar-refractivity contribution in [2.24, 2.45) is 7.05 Å². The predicted molar refractivity (Wildman–Crippen MR) is 108 cm³/mol. The zero-order chi connectivity index (χ0) is 19.1. The maximum Gasteiger partial charge on any atom is 0.244 e. The van der Waals surface area contributed by atoms with E-state index in [1.54, 1.807) is 23.0 Å². The summed E-state index contributed by atoms with van der Waals surface area (Å²) in [6, 6.07) is 8.53. The largest absolute Gasteiger partial charge is 0.348 e. The molecule has 0 aliphatic carbocycles. The topological polar surface area (TPSA) is 53.4 Å². The molecule has 6 nitrogen and oxygen atoms in total. The molecule has 3 rings (SSSR count). The number of nitrogens with zero attached hydrogens (tertiary/aromatic N) is 4. The normalized spacial score (nSPS) is 16.1. The van der Waals surface area contributed by atoms with Gasteiger partial charge in [0.2, 0.25) is 5.91 Å². The summed E-state index contributed by atoms with van der Waals surface area (Å²) in [5, 5.41) is 6.99. The Labute approximate surface area is 161 Å². The number of carbonyl (C=O) groups excluding carboxylic acids is 1. The monoisotopic (exact) mass is 367 g/mol. The summed E-state index contributed by atoms with van der Waals surface area (Å²) in [6.07, 6.45) is 6.90. The first-order valence-corrected chi connectivity index (χ1v) is 9.59. The van der Waals surface area contributed by atoms with Crippen molar-refractivity contribution in [1.29, 1.82) is 0 Å². The van der Waals surface area contributed by atoms with Gasteiger partial charge in [0.15, 0.2) is 0 Å². The average molecular weight is 367 g/mol. The van der Waals surface area contributed by atoms with E-state index in [1.807, 2.05) is 13.2 Å². The maximum absolute atomic E-state index is 11.9. The number of aromatic nitrogens is 2. The number of amides is 1. The van der Waals surface area contributed by atoms with Gasteiger partial charge in [-0.2, -0.15) is 5.10 Å². The van der Waals surface area contributed by atoms with Gasteiger partial charge in [-0.15, -0.1) is 0 Å². The highest BCUT2D eigenvalue weighted by Gasteiger charge is 2.15. The summed E-state index contributed by atoms with van der Waals surface area (Å²) >= 11 is 0. The molecule has 0 unspecified atom stereocenters. The number of hydrogen-bond donors (Lipinski definition) is 1. The highest BCUT2D eigenvalue weighted by molar-refractivity contribution is 5.91. The molecule has 0 saturated carbocycles. The van der Waals surface area contributed by atoms with Crippen LogP contribution < -0.4 is 5.32 Å². The highest BCUT2D eigenvalue weighted by atomic mass is 16.1. The Bertz CT molecular complexity index is 757. The van der Waals surface area contributed by atoms with Crippen LogP contribution in [0.3, 0.4) is 0 Å². The molecule has 6 heteroatoms. The van der Waals surface area contributed by atoms with Crippen LogP contribution in [0.15, 0.2) is 42.7 Å². The van der Waals surface area contributed by atoms with Crippen LogP contribution in [0.1, 0.15) is 23.6 Å². The van der Waals surface area contributed by atoms with Crippen LogP contribution in [0.25, 0.3) is 6.08 Å². The fraction of sp³-hybridized carbons (Fsp3) is 0.429. The third-order valence-corrected chi connectivity index (χ3v) is 4.96. The van der Waals surface area contributed by atoms with E-state index < -0.39 is 0 Å². The van der Waals surface area contributed by atoms with Crippen LogP contribution >= 0.6 is 0 Å². The molecule has 0 spiro atoms. The van der Waals surface area contributed by atoms with E-state index in [0.29, 0.717) is 6.54 Å². The summed E-state index contributed by atoms with van der Waals surface area (Å²) < 4.78 is 1.71. The number of benzene rings is 1. The van der Waals surface area contributed by atoms with E-state index in [-0.39, 0.29) is 5.91 Å². The lowest BCUT2D eigenvalue weighted by atomic mass is 10.1. The molecule has 1 aliphatic heterocycles. The first-order chi connectivity index (χ1) is 13.1. The summed E-state index contributed by atoms with van der Waals surface area (Å²) in [5.74, 6) is -0.100. The molecule has 27 heavy (non-hydrogen) atoms. The van der Waals surface area contributed by atoms with Crippen LogP contribution in [0, 0.1) is 0 Å². The smallest absolute Gasteiger partial charge is 0.244 e. The molecular weight excluding hydrogens is 338 g/mol. The van der Waals surface area contributed by atoms with Crippen molar-refractivity contribution in [2.45, 2.75) is 20.0 Å². The molecule has 1 aliphatic rings. The second kappa shape index (κ2) is 9.48. The molecule has 2 aromatic rings. The third kappa shape index (κ3) is 6.05.